The van der Waals surface area contributed by atoms with Crippen LogP contribution in [0.5, 0.6) is 0 Å². The molecule has 2 rings (SSSR count). The molecule has 26 heavy (non-hydrogen) atoms. The van der Waals surface area contributed by atoms with Crippen LogP contribution in [0.4, 0.5) is 18.9 Å². The van der Waals surface area contributed by atoms with Gasteiger partial charge in [0.05, 0.1) is 26.2 Å². The second kappa shape index (κ2) is 7.34. The second-order valence-corrected chi connectivity index (χ2v) is 7.78. The van der Waals surface area contributed by atoms with Gasteiger partial charge in [0.2, 0.25) is 5.91 Å². The number of nitrogens with zero attached hydrogens (tertiary/aromatic N) is 1. The number of nitrogens with two attached hydrogens (primary N) is 1. The molecule has 0 heterocycles. The zero-order chi connectivity index (χ0) is 19.7. The molecule has 2 aromatic carbocycles. The zero-order valence-electron chi connectivity index (χ0n) is 12.8. The lowest BCUT2D eigenvalue weighted by atomic mass is 10.2. The van der Waals surface area contributed by atoms with Crippen molar-refractivity contribution >= 4 is 44.8 Å². The van der Waals surface area contributed by atoms with Crippen molar-refractivity contribution in [1.29, 1.82) is 0 Å². The van der Waals surface area contributed by atoms with Crippen LogP contribution in [0.3, 0.4) is 0 Å². The van der Waals surface area contributed by atoms with Crippen molar-refractivity contribution in [3.63, 3.8) is 0 Å². The molecule has 2 N–H and O–H groups in total. The summed E-state index contributed by atoms with van der Waals surface area (Å²) in [5.41, 5.74) is 3.62. The third-order valence-electron chi connectivity index (χ3n) is 3.24. The molecule has 5 nitrogen and oxygen atoms in total. The fourth-order valence-corrected chi connectivity index (χ4v) is 3.87. The van der Waals surface area contributed by atoms with Gasteiger partial charge in [0.1, 0.15) is 6.54 Å². The number of anilines is 1. The zero-order valence-corrected chi connectivity index (χ0v) is 15.1. The number of carbonyl (C=O) groups excluding carboxylic acids is 1. The summed E-state index contributed by atoms with van der Waals surface area (Å²) < 4.78 is 64.9. The van der Waals surface area contributed by atoms with Gasteiger partial charge >= 0.3 is 6.18 Å². The molecule has 0 saturated heterocycles. The highest BCUT2D eigenvalue weighted by Gasteiger charge is 2.33. The molecule has 0 aliphatic carbocycles. The molecule has 0 atom stereocenters. The summed E-state index contributed by atoms with van der Waals surface area (Å²) in [5.74, 6) is -1.05. The number of alkyl halides is 3. The topological polar surface area (TPSA) is 80.5 Å². The van der Waals surface area contributed by atoms with Crippen molar-refractivity contribution < 1.29 is 26.4 Å². The minimum absolute atomic E-state index is 0.0733. The Labute approximate surface area is 157 Å². The van der Waals surface area contributed by atoms with Crippen LogP contribution in [-0.4, -0.2) is 20.9 Å². The van der Waals surface area contributed by atoms with Gasteiger partial charge in [-0.25, -0.2) is 8.42 Å². The van der Waals surface area contributed by atoms with Crippen LogP contribution in [0.15, 0.2) is 47.4 Å². The smallest absolute Gasteiger partial charge is 0.368 e. The first-order chi connectivity index (χ1) is 11.9. The summed E-state index contributed by atoms with van der Waals surface area (Å²) in [6.45, 7) is -0.857. The Hall–Kier alpha value is -1.97. The van der Waals surface area contributed by atoms with Crippen molar-refractivity contribution in [3.05, 3.63) is 58.1 Å². The SMILES string of the molecule is NC(=O)CN(c1cccc(C(F)(F)F)c1)S(=O)(=O)c1ccc(Cl)c(Cl)c1. The van der Waals surface area contributed by atoms with Crippen LogP contribution >= 0.6 is 23.2 Å². The quantitative estimate of drug-likeness (QED) is 0.791. The summed E-state index contributed by atoms with van der Waals surface area (Å²) in [6.07, 6.45) is -4.69. The predicted octanol–water partition coefficient (Wildman–Crippen LogP) is 3.69. The number of carbonyl (C=O) groups is 1. The lowest BCUT2D eigenvalue weighted by Gasteiger charge is -2.24. The van der Waals surface area contributed by atoms with Gasteiger partial charge in [-0.1, -0.05) is 29.3 Å². The van der Waals surface area contributed by atoms with E-state index < -0.39 is 34.2 Å². The van der Waals surface area contributed by atoms with E-state index in [1.807, 2.05) is 0 Å². The molecule has 0 aliphatic rings. The normalized spacial score (nSPS) is 12.0. The van der Waals surface area contributed by atoms with Crippen LogP contribution in [0, 0.1) is 0 Å². The number of hydrogen-bond acceptors (Lipinski definition) is 3. The third-order valence-corrected chi connectivity index (χ3v) is 5.75. The molecule has 0 spiro atoms. The van der Waals surface area contributed by atoms with Crippen molar-refractivity contribution in [2.75, 3.05) is 10.8 Å². The highest BCUT2D eigenvalue weighted by molar-refractivity contribution is 7.92. The van der Waals surface area contributed by atoms with Gasteiger partial charge in [-0.2, -0.15) is 13.2 Å². The lowest BCUT2D eigenvalue weighted by molar-refractivity contribution is -0.137. The van der Waals surface area contributed by atoms with Gasteiger partial charge in [-0.05, 0) is 36.4 Å². The van der Waals surface area contributed by atoms with E-state index in [2.05, 4.69) is 0 Å². The average Bonchev–Trinajstić information content (AvgIpc) is 2.54. The molecule has 0 saturated carbocycles. The first-order valence-corrected chi connectivity index (χ1v) is 9.06. The number of hydrogen-bond donors (Lipinski definition) is 1. The Morgan fingerprint density at radius 3 is 2.27 bits per heavy atom. The first-order valence-electron chi connectivity index (χ1n) is 6.86. The van der Waals surface area contributed by atoms with Crippen molar-refractivity contribution in [3.8, 4) is 0 Å². The third kappa shape index (κ3) is 4.40. The summed E-state index contributed by atoms with van der Waals surface area (Å²) >= 11 is 11.5. The lowest BCUT2D eigenvalue weighted by Crippen LogP contribution is -2.38. The summed E-state index contributed by atoms with van der Waals surface area (Å²) in [5, 5.41) is 0.0157. The maximum absolute atomic E-state index is 12.9. The van der Waals surface area contributed by atoms with E-state index in [0.29, 0.717) is 10.4 Å². The Morgan fingerprint density at radius 2 is 1.73 bits per heavy atom. The summed E-state index contributed by atoms with van der Waals surface area (Å²) in [4.78, 5) is 11.0. The molecule has 0 fully saturated rings. The largest absolute Gasteiger partial charge is 0.416 e. The van der Waals surface area contributed by atoms with Crippen molar-refractivity contribution in [2.24, 2.45) is 5.73 Å². The number of rotatable bonds is 5. The molecule has 1 amide bonds. The number of benzene rings is 2. The first kappa shape index (κ1) is 20.3. The number of sulfonamides is 1. The highest BCUT2D eigenvalue weighted by atomic mass is 35.5. The number of halogens is 5. The minimum atomic E-state index is -4.69. The molecule has 0 aromatic heterocycles. The van der Waals surface area contributed by atoms with E-state index in [1.165, 1.54) is 6.07 Å². The standard InChI is InChI=1S/C15H11Cl2F3N2O3S/c16-12-5-4-11(7-13(12)17)26(24,25)22(8-14(21)23)10-3-1-2-9(6-10)15(18,19)20/h1-7H,8H2,(H2,21,23). The molecule has 0 aliphatic heterocycles. The highest BCUT2D eigenvalue weighted by Crippen LogP contribution is 2.34. The van der Waals surface area contributed by atoms with Gasteiger partial charge in [0, 0.05) is 0 Å². The van der Waals surface area contributed by atoms with Gasteiger partial charge in [-0.3, -0.25) is 9.10 Å². The molecular weight excluding hydrogens is 416 g/mol. The van der Waals surface area contributed by atoms with Gasteiger partial charge in [0.25, 0.3) is 10.0 Å². The Bertz CT molecular complexity index is 949. The number of amides is 1. The Morgan fingerprint density at radius 1 is 1.08 bits per heavy atom. The van der Waals surface area contributed by atoms with Gasteiger partial charge in [-0.15, -0.1) is 0 Å². The molecule has 0 radical (unpaired) electrons. The van der Waals surface area contributed by atoms with E-state index in [9.17, 15) is 26.4 Å². The maximum atomic E-state index is 12.9. The fourth-order valence-electron chi connectivity index (χ4n) is 2.06. The fraction of sp³-hybridized carbons (Fsp3) is 0.133. The van der Waals surface area contributed by atoms with Gasteiger partial charge in [0.15, 0.2) is 0 Å². The average molecular weight is 427 g/mol. The molecule has 140 valence electrons. The van der Waals surface area contributed by atoms with E-state index >= 15 is 0 Å². The van der Waals surface area contributed by atoms with E-state index in [4.69, 9.17) is 28.9 Å². The van der Waals surface area contributed by atoms with Gasteiger partial charge < -0.3 is 5.73 Å². The second-order valence-electron chi connectivity index (χ2n) is 5.10. The Balaban J connectivity index is 2.60. The van der Waals surface area contributed by atoms with E-state index in [1.54, 1.807) is 0 Å². The Kier molecular flexibility index (Phi) is 5.74. The van der Waals surface area contributed by atoms with Crippen LogP contribution in [0.2, 0.25) is 10.0 Å². The van der Waals surface area contributed by atoms with Crippen LogP contribution in [-0.2, 0) is 21.0 Å². The van der Waals surface area contributed by atoms with E-state index in [-0.39, 0.29) is 20.6 Å². The maximum Gasteiger partial charge on any atom is 0.416 e. The van der Waals surface area contributed by atoms with Crippen molar-refractivity contribution in [2.45, 2.75) is 11.1 Å². The summed E-state index contributed by atoms with van der Waals surface area (Å²) in [6, 6.07) is 6.89. The molecular formula is C15H11Cl2F3N2O3S. The van der Waals surface area contributed by atoms with E-state index in [0.717, 1.165) is 30.3 Å². The monoisotopic (exact) mass is 426 g/mol. The summed E-state index contributed by atoms with van der Waals surface area (Å²) in [7, 11) is -4.43. The van der Waals surface area contributed by atoms with Crippen LogP contribution < -0.4 is 10.0 Å². The van der Waals surface area contributed by atoms with Crippen LogP contribution in [0.25, 0.3) is 0 Å². The number of primary amides is 1. The predicted molar refractivity (Wildman–Crippen MR) is 91.6 cm³/mol. The molecule has 0 bridgehead atoms. The minimum Gasteiger partial charge on any atom is -0.368 e. The van der Waals surface area contributed by atoms with Crippen molar-refractivity contribution in [1.82, 2.24) is 0 Å². The molecule has 11 heteroatoms. The molecule has 2 aromatic rings. The molecule has 0 unspecified atom stereocenters. The van der Waals surface area contributed by atoms with Crippen LogP contribution in [0.1, 0.15) is 5.56 Å².